The van der Waals surface area contributed by atoms with Crippen molar-refractivity contribution in [1.82, 2.24) is 0 Å². The fraction of sp³-hybridized carbons (Fsp3) is 0.462. The molecule has 20 heavy (non-hydrogen) atoms. The Hall–Kier alpha value is -1.43. The molecule has 3 nitrogen and oxygen atoms in total. The Morgan fingerprint density at radius 2 is 1.90 bits per heavy atom. The van der Waals surface area contributed by atoms with Crippen LogP contribution in [0.25, 0.3) is 0 Å². The van der Waals surface area contributed by atoms with Crippen molar-refractivity contribution < 1.29 is 27.8 Å². The first-order valence-electron chi connectivity index (χ1n) is 5.66. The molecule has 0 atom stereocenters. The predicted molar refractivity (Wildman–Crippen MR) is 68.1 cm³/mol. The maximum atomic E-state index is 12.9. The molecule has 1 aromatic rings. The minimum atomic E-state index is -4.63. The average Bonchev–Trinajstić information content (AvgIpc) is 2.26. The average molecular weight is 311 g/mol. The molecule has 0 aliphatic heterocycles. The summed E-state index contributed by atoms with van der Waals surface area (Å²) in [6.45, 7) is 2.86. The quantitative estimate of drug-likeness (QED) is 0.913. The summed E-state index contributed by atoms with van der Waals surface area (Å²) >= 11 is 5.78. The van der Waals surface area contributed by atoms with Crippen molar-refractivity contribution in [2.24, 2.45) is 5.41 Å². The minimum absolute atomic E-state index is 0.0743. The SMILES string of the molecule is COc1c(Cl)cc(CC(C)(C)C(=O)O)cc1C(F)(F)F. The van der Waals surface area contributed by atoms with Crippen molar-refractivity contribution >= 4 is 17.6 Å². The summed E-state index contributed by atoms with van der Waals surface area (Å²) in [4.78, 5) is 11.0. The van der Waals surface area contributed by atoms with Crippen LogP contribution in [-0.4, -0.2) is 18.2 Å². The monoisotopic (exact) mass is 310 g/mol. The second kappa shape index (κ2) is 5.52. The lowest BCUT2D eigenvalue weighted by Crippen LogP contribution is -2.26. The van der Waals surface area contributed by atoms with E-state index in [0.717, 1.165) is 13.2 Å². The molecule has 7 heteroatoms. The zero-order valence-electron chi connectivity index (χ0n) is 11.1. The van der Waals surface area contributed by atoms with E-state index < -0.39 is 28.9 Å². The van der Waals surface area contributed by atoms with Crippen LogP contribution in [0.5, 0.6) is 5.75 Å². The largest absolute Gasteiger partial charge is 0.495 e. The molecular weight excluding hydrogens is 297 g/mol. The van der Waals surface area contributed by atoms with E-state index in [1.54, 1.807) is 0 Å². The van der Waals surface area contributed by atoms with Gasteiger partial charge in [-0.25, -0.2) is 0 Å². The maximum Gasteiger partial charge on any atom is 0.420 e. The number of methoxy groups -OCH3 is 1. The van der Waals surface area contributed by atoms with Crippen LogP contribution >= 0.6 is 11.6 Å². The van der Waals surface area contributed by atoms with Gasteiger partial charge in [0.25, 0.3) is 0 Å². The van der Waals surface area contributed by atoms with Gasteiger partial charge in [0.15, 0.2) is 0 Å². The third kappa shape index (κ3) is 3.56. The normalized spacial score (nSPS) is 12.3. The number of carboxylic acids is 1. The maximum absolute atomic E-state index is 12.9. The molecule has 0 aromatic heterocycles. The molecule has 0 unspecified atom stereocenters. The molecular formula is C13H14ClF3O3. The zero-order valence-corrected chi connectivity index (χ0v) is 11.9. The van der Waals surface area contributed by atoms with Crippen LogP contribution in [0.4, 0.5) is 13.2 Å². The highest BCUT2D eigenvalue weighted by atomic mass is 35.5. The lowest BCUT2D eigenvalue weighted by Gasteiger charge is -2.21. The molecule has 1 N–H and O–H groups in total. The van der Waals surface area contributed by atoms with E-state index in [1.165, 1.54) is 19.9 Å². The summed E-state index contributed by atoms with van der Waals surface area (Å²) in [5.41, 5.74) is -2.01. The van der Waals surface area contributed by atoms with Gasteiger partial charge in [-0.3, -0.25) is 4.79 Å². The second-order valence-corrected chi connectivity index (χ2v) is 5.43. The number of carboxylic acid groups (broad SMARTS) is 1. The molecule has 0 heterocycles. The van der Waals surface area contributed by atoms with Crippen LogP contribution in [0.15, 0.2) is 12.1 Å². The summed E-state index contributed by atoms with van der Waals surface area (Å²) in [6.07, 6.45) is -4.70. The molecule has 112 valence electrons. The van der Waals surface area contributed by atoms with E-state index in [0.29, 0.717) is 0 Å². The van der Waals surface area contributed by atoms with Gasteiger partial charge in [-0.2, -0.15) is 13.2 Å². The van der Waals surface area contributed by atoms with Crippen molar-refractivity contribution in [3.63, 3.8) is 0 Å². The smallest absolute Gasteiger partial charge is 0.420 e. The molecule has 0 bridgehead atoms. The Morgan fingerprint density at radius 3 is 2.30 bits per heavy atom. The van der Waals surface area contributed by atoms with Gasteiger partial charge in [-0.15, -0.1) is 0 Å². The second-order valence-electron chi connectivity index (χ2n) is 5.02. The van der Waals surface area contributed by atoms with Gasteiger partial charge in [0.2, 0.25) is 0 Å². The van der Waals surface area contributed by atoms with Crippen LogP contribution < -0.4 is 4.74 Å². The van der Waals surface area contributed by atoms with Gasteiger partial charge in [-0.05, 0) is 38.0 Å². The standard InChI is InChI=1S/C13H14ClF3O3/c1-12(2,11(18)19)6-7-4-8(13(15,16)17)10(20-3)9(14)5-7/h4-5H,6H2,1-3H3,(H,18,19). The van der Waals surface area contributed by atoms with E-state index in [-0.39, 0.29) is 17.0 Å². The van der Waals surface area contributed by atoms with Crippen LogP contribution in [0.1, 0.15) is 25.0 Å². The first kappa shape index (κ1) is 16.6. The fourth-order valence-electron chi connectivity index (χ4n) is 1.76. The Balaban J connectivity index is 3.32. The number of halogens is 4. The Morgan fingerprint density at radius 1 is 1.35 bits per heavy atom. The molecule has 1 rings (SSSR count). The molecule has 0 saturated heterocycles. The summed E-state index contributed by atoms with van der Waals surface area (Å²) in [7, 11) is 1.09. The van der Waals surface area contributed by atoms with E-state index in [2.05, 4.69) is 4.74 Å². The van der Waals surface area contributed by atoms with E-state index in [4.69, 9.17) is 16.7 Å². The summed E-state index contributed by atoms with van der Waals surface area (Å²) in [6, 6.07) is 2.16. The van der Waals surface area contributed by atoms with Gasteiger partial charge >= 0.3 is 12.1 Å². The highest BCUT2D eigenvalue weighted by Gasteiger charge is 2.37. The van der Waals surface area contributed by atoms with Crippen LogP contribution in [0.3, 0.4) is 0 Å². The minimum Gasteiger partial charge on any atom is -0.495 e. The van der Waals surface area contributed by atoms with Gasteiger partial charge in [0.1, 0.15) is 5.75 Å². The highest BCUT2D eigenvalue weighted by Crippen LogP contribution is 2.41. The Labute approximate surface area is 119 Å². The van der Waals surface area contributed by atoms with Crippen molar-refractivity contribution in [2.45, 2.75) is 26.4 Å². The third-order valence-electron chi connectivity index (χ3n) is 2.84. The van der Waals surface area contributed by atoms with Crippen LogP contribution in [0.2, 0.25) is 5.02 Å². The number of hydrogen-bond donors (Lipinski definition) is 1. The van der Waals surface area contributed by atoms with E-state index in [1.807, 2.05) is 0 Å². The van der Waals surface area contributed by atoms with Crippen molar-refractivity contribution in [2.75, 3.05) is 7.11 Å². The Bertz CT molecular complexity index is 524. The summed E-state index contributed by atoms with van der Waals surface area (Å²) in [5.74, 6) is -1.56. The number of ether oxygens (including phenoxy) is 1. The number of rotatable bonds is 4. The zero-order chi connectivity index (χ0) is 15.7. The number of hydrogen-bond acceptors (Lipinski definition) is 2. The van der Waals surface area contributed by atoms with Gasteiger partial charge in [0.05, 0.1) is 23.1 Å². The predicted octanol–water partition coefficient (Wildman–Crippen LogP) is 4.02. The summed E-state index contributed by atoms with van der Waals surface area (Å²) in [5, 5.41) is 8.83. The highest BCUT2D eigenvalue weighted by molar-refractivity contribution is 6.32. The van der Waals surface area contributed by atoms with Crippen molar-refractivity contribution in [1.29, 1.82) is 0 Å². The van der Waals surface area contributed by atoms with Crippen LogP contribution in [0, 0.1) is 5.41 Å². The molecule has 0 radical (unpaired) electrons. The first-order chi connectivity index (χ1) is 8.99. The first-order valence-corrected chi connectivity index (χ1v) is 6.04. The van der Waals surface area contributed by atoms with E-state index >= 15 is 0 Å². The van der Waals surface area contributed by atoms with Gasteiger partial charge in [-0.1, -0.05) is 11.6 Å². The number of benzene rings is 1. The number of alkyl halides is 3. The molecule has 0 saturated carbocycles. The van der Waals surface area contributed by atoms with Crippen LogP contribution in [-0.2, 0) is 17.4 Å². The lowest BCUT2D eigenvalue weighted by molar-refractivity contribution is -0.146. The Kier molecular flexibility index (Phi) is 4.59. The topological polar surface area (TPSA) is 46.5 Å². The van der Waals surface area contributed by atoms with Gasteiger partial charge in [0, 0.05) is 0 Å². The number of carbonyl (C=O) groups is 1. The summed E-state index contributed by atoms with van der Waals surface area (Å²) < 4.78 is 43.5. The number of aliphatic carboxylic acids is 1. The molecule has 0 spiro atoms. The molecule has 0 aliphatic carbocycles. The van der Waals surface area contributed by atoms with Crippen molar-refractivity contribution in [3.8, 4) is 5.75 Å². The lowest BCUT2D eigenvalue weighted by atomic mass is 9.85. The fourth-order valence-corrected chi connectivity index (χ4v) is 2.07. The molecule has 0 fully saturated rings. The molecule has 0 amide bonds. The van der Waals surface area contributed by atoms with E-state index in [9.17, 15) is 18.0 Å². The van der Waals surface area contributed by atoms with Gasteiger partial charge < -0.3 is 9.84 Å². The van der Waals surface area contributed by atoms with Crippen molar-refractivity contribution in [3.05, 3.63) is 28.3 Å². The molecule has 1 aromatic carbocycles. The molecule has 0 aliphatic rings. The third-order valence-corrected chi connectivity index (χ3v) is 3.12.